The molecule has 0 aliphatic heterocycles. The van der Waals surface area contributed by atoms with Gasteiger partial charge in [-0.05, 0) is 41.5 Å². The molecule has 152 valence electrons. The maximum atomic E-state index is 12.4. The molecule has 1 aromatic heterocycles. The molecular weight excluding hydrogens is 438 g/mol. The van der Waals surface area contributed by atoms with Crippen molar-refractivity contribution in [2.75, 3.05) is 5.32 Å². The summed E-state index contributed by atoms with van der Waals surface area (Å²) in [5.41, 5.74) is 1.24. The van der Waals surface area contributed by atoms with E-state index in [4.69, 9.17) is 16.3 Å². The third-order valence-corrected chi connectivity index (χ3v) is 6.60. The predicted molar refractivity (Wildman–Crippen MR) is 124 cm³/mol. The molecule has 0 saturated heterocycles. The van der Waals surface area contributed by atoms with Crippen LogP contribution in [0.1, 0.15) is 12.5 Å². The van der Waals surface area contributed by atoms with Crippen LogP contribution in [0.15, 0.2) is 71.1 Å². The lowest BCUT2D eigenvalue weighted by atomic mass is 10.1. The van der Waals surface area contributed by atoms with Gasteiger partial charge in [0.2, 0.25) is 5.13 Å². The largest absolute Gasteiger partial charge is 0.481 e. The highest BCUT2D eigenvalue weighted by Crippen LogP contribution is 2.31. The van der Waals surface area contributed by atoms with E-state index in [1.165, 1.54) is 27.7 Å². The second-order valence-electron chi connectivity index (χ2n) is 6.51. The van der Waals surface area contributed by atoms with Gasteiger partial charge in [-0.25, -0.2) is 0 Å². The number of hydrogen-bond donors (Lipinski definition) is 1. The summed E-state index contributed by atoms with van der Waals surface area (Å²) in [5.74, 6) is 1.02. The van der Waals surface area contributed by atoms with E-state index in [0.29, 0.717) is 15.9 Å². The van der Waals surface area contributed by atoms with Crippen LogP contribution in [-0.4, -0.2) is 22.2 Å². The topological polar surface area (TPSA) is 64.1 Å². The van der Waals surface area contributed by atoms with E-state index in [1.54, 1.807) is 43.0 Å². The van der Waals surface area contributed by atoms with Crippen LogP contribution in [0.5, 0.6) is 5.75 Å². The SMILES string of the molecule is CC(Oc1cccc(Cl)c1)C(=O)Nc1nnc(SCc2cccc3ccccc23)s1. The summed E-state index contributed by atoms with van der Waals surface area (Å²) >= 11 is 8.89. The van der Waals surface area contributed by atoms with Crippen molar-refractivity contribution < 1.29 is 9.53 Å². The summed E-state index contributed by atoms with van der Waals surface area (Å²) in [6.07, 6.45) is -0.695. The lowest BCUT2D eigenvalue weighted by Crippen LogP contribution is -2.30. The Morgan fingerprint density at radius 3 is 2.80 bits per heavy atom. The van der Waals surface area contributed by atoms with Crippen LogP contribution >= 0.6 is 34.7 Å². The molecule has 1 unspecified atom stereocenters. The Morgan fingerprint density at radius 2 is 1.93 bits per heavy atom. The van der Waals surface area contributed by atoms with Gasteiger partial charge in [-0.15, -0.1) is 10.2 Å². The van der Waals surface area contributed by atoms with E-state index in [2.05, 4.69) is 45.8 Å². The van der Waals surface area contributed by atoms with Gasteiger partial charge in [0.15, 0.2) is 10.4 Å². The first-order valence-electron chi connectivity index (χ1n) is 9.24. The number of amides is 1. The van der Waals surface area contributed by atoms with E-state index >= 15 is 0 Å². The lowest BCUT2D eigenvalue weighted by molar-refractivity contribution is -0.122. The van der Waals surface area contributed by atoms with Crippen molar-refractivity contribution in [1.82, 2.24) is 10.2 Å². The fourth-order valence-corrected chi connectivity index (χ4v) is 4.82. The molecule has 0 fully saturated rings. The monoisotopic (exact) mass is 455 g/mol. The number of nitrogens with zero attached hydrogens (tertiary/aromatic N) is 2. The molecular formula is C22H18ClN3O2S2. The zero-order valence-corrected chi connectivity index (χ0v) is 18.4. The Hall–Kier alpha value is -2.61. The number of nitrogens with one attached hydrogen (secondary N) is 1. The smallest absolute Gasteiger partial charge is 0.266 e. The van der Waals surface area contributed by atoms with Gasteiger partial charge >= 0.3 is 0 Å². The number of ether oxygens (including phenoxy) is 1. The van der Waals surface area contributed by atoms with Gasteiger partial charge in [-0.1, -0.05) is 83.2 Å². The van der Waals surface area contributed by atoms with Gasteiger partial charge in [0, 0.05) is 10.8 Å². The Bertz CT molecular complexity index is 1180. The number of carbonyl (C=O) groups excluding carboxylic acids is 1. The van der Waals surface area contributed by atoms with Crippen molar-refractivity contribution in [1.29, 1.82) is 0 Å². The summed E-state index contributed by atoms with van der Waals surface area (Å²) in [6.45, 7) is 1.67. The summed E-state index contributed by atoms with van der Waals surface area (Å²) in [7, 11) is 0. The highest BCUT2D eigenvalue weighted by Gasteiger charge is 2.17. The van der Waals surface area contributed by atoms with Gasteiger partial charge in [-0.3, -0.25) is 10.1 Å². The highest BCUT2D eigenvalue weighted by atomic mass is 35.5. The first-order chi connectivity index (χ1) is 14.6. The average molecular weight is 456 g/mol. The normalized spacial score (nSPS) is 11.9. The van der Waals surface area contributed by atoms with Crippen LogP contribution in [-0.2, 0) is 10.5 Å². The van der Waals surface area contributed by atoms with Crippen LogP contribution in [0.4, 0.5) is 5.13 Å². The number of benzene rings is 3. The minimum absolute atomic E-state index is 0.295. The van der Waals surface area contributed by atoms with Crippen molar-refractivity contribution in [2.24, 2.45) is 0 Å². The van der Waals surface area contributed by atoms with Crippen molar-refractivity contribution in [2.45, 2.75) is 23.1 Å². The molecule has 8 heteroatoms. The van der Waals surface area contributed by atoms with Crippen molar-refractivity contribution >= 4 is 56.5 Å². The summed E-state index contributed by atoms with van der Waals surface area (Å²) in [4.78, 5) is 12.4. The zero-order valence-electron chi connectivity index (χ0n) is 16.0. The van der Waals surface area contributed by atoms with Gasteiger partial charge in [0.1, 0.15) is 5.75 Å². The van der Waals surface area contributed by atoms with Gasteiger partial charge in [0.25, 0.3) is 5.91 Å². The number of thioether (sulfide) groups is 1. The van der Waals surface area contributed by atoms with Crippen molar-refractivity contribution in [3.8, 4) is 5.75 Å². The van der Waals surface area contributed by atoms with Crippen molar-refractivity contribution in [3.63, 3.8) is 0 Å². The maximum absolute atomic E-state index is 12.4. The highest BCUT2D eigenvalue weighted by molar-refractivity contribution is 8.00. The molecule has 0 aliphatic rings. The van der Waals surface area contributed by atoms with Crippen LogP contribution < -0.4 is 10.1 Å². The zero-order chi connectivity index (χ0) is 20.9. The average Bonchev–Trinajstić information content (AvgIpc) is 3.19. The first kappa shape index (κ1) is 20.7. The molecule has 4 rings (SSSR count). The van der Waals surface area contributed by atoms with E-state index in [-0.39, 0.29) is 5.91 Å². The number of rotatable bonds is 7. The Kier molecular flexibility index (Phi) is 6.52. The molecule has 0 aliphatic carbocycles. The van der Waals surface area contributed by atoms with E-state index < -0.39 is 6.10 Å². The second kappa shape index (κ2) is 9.47. The molecule has 0 spiro atoms. The first-order valence-corrected chi connectivity index (χ1v) is 11.4. The number of aromatic nitrogens is 2. The Morgan fingerprint density at radius 1 is 1.13 bits per heavy atom. The standard InChI is InChI=1S/C22H18ClN3O2S2/c1-14(28-18-10-5-9-17(23)12-18)20(27)24-21-25-26-22(30-21)29-13-16-8-4-7-15-6-2-3-11-19(15)16/h2-12,14H,13H2,1H3,(H,24,25,27). The molecule has 1 N–H and O–H groups in total. The fourth-order valence-electron chi connectivity index (χ4n) is 2.88. The molecule has 4 aromatic rings. The molecule has 0 radical (unpaired) electrons. The minimum atomic E-state index is -0.695. The van der Waals surface area contributed by atoms with Gasteiger partial charge < -0.3 is 4.74 Å². The molecule has 1 amide bonds. The molecule has 0 saturated carbocycles. The maximum Gasteiger partial charge on any atom is 0.266 e. The van der Waals surface area contributed by atoms with Crippen LogP contribution in [0.2, 0.25) is 5.02 Å². The molecule has 5 nitrogen and oxygen atoms in total. The van der Waals surface area contributed by atoms with E-state index in [9.17, 15) is 4.79 Å². The van der Waals surface area contributed by atoms with Crippen molar-refractivity contribution in [3.05, 3.63) is 77.3 Å². The molecule has 1 atom stereocenters. The quantitative estimate of drug-likeness (QED) is 0.271. The number of fused-ring (bicyclic) bond motifs is 1. The van der Waals surface area contributed by atoms with E-state index in [1.807, 2.05) is 12.1 Å². The van der Waals surface area contributed by atoms with Gasteiger partial charge in [0.05, 0.1) is 0 Å². The third kappa shape index (κ3) is 5.11. The van der Waals surface area contributed by atoms with E-state index in [0.717, 1.165) is 10.1 Å². The predicted octanol–water partition coefficient (Wildman–Crippen LogP) is 6.04. The molecule has 0 bridgehead atoms. The summed E-state index contributed by atoms with van der Waals surface area (Å²) < 4.78 is 6.43. The van der Waals surface area contributed by atoms with Crippen LogP contribution in [0.3, 0.4) is 0 Å². The molecule has 3 aromatic carbocycles. The molecule has 1 heterocycles. The molecule has 30 heavy (non-hydrogen) atoms. The van der Waals surface area contributed by atoms with Gasteiger partial charge in [-0.2, -0.15) is 0 Å². The fraction of sp³-hybridized carbons (Fsp3) is 0.136. The number of anilines is 1. The Balaban J connectivity index is 1.35. The lowest BCUT2D eigenvalue weighted by Gasteiger charge is -2.13. The third-order valence-electron chi connectivity index (χ3n) is 4.35. The summed E-state index contributed by atoms with van der Waals surface area (Å²) in [5, 5.41) is 14.5. The van der Waals surface area contributed by atoms with Crippen LogP contribution in [0, 0.1) is 0 Å². The minimum Gasteiger partial charge on any atom is -0.481 e. The van der Waals surface area contributed by atoms with Crippen LogP contribution in [0.25, 0.3) is 10.8 Å². The number of carbonyl (C=O) groups is 1. The summed E-state index contributed by atoms with van der Waals surface area (Å²) in [6, 6.07) is 21.5. The Labute approximate surface area is 187 Å². The second-order valence-corrected chi connectivity index (χ2v) is 9.14. The number of hydrogen-bond acceptors (Lipinski definition) is 6. The number of halogens is 1.